The van der Waals surface area contributed by atoms with Crippen molar-refractivity contribution in [3.05, 3.63) is 29.3 Å². The monoisotopic (exact) mass is 318 g/mol. The second kappa shape index (κ2) is 6.20. The summed E-state index contributed by atoms with van der Waals surface area (Å²) in [4.78, 5) is 23.5. The maximum atomic E-state index is 11.8. The van der Waals surface area contributed by atoms with E-state index in [1.807, 2.05) is 12.1 Å². The Morgan fingerprint density at radius 3 is 2.83 bits per heavy atom. The quantitative estimate of drug-likeness (QED) is 0.710. The summed E-state index contributed by atoms with van der Waals surface area (Å²) in [5.41, 5.74) is 0.678. The van der Waals surface area contributed by atoms with Gasteiger partial charge in [-0.25, -0.2) is 0 Å². The lowest BCUT2D eigenvalue weighted by atomic mass is 9.79. The lowest BCUT2D eigenvalue weighted by molar-refractivity contribution is -0.140. The third-order valence-electron chi connectivity index (χ3n) is 4.51. The molecule has 0 heterocycles. The summed E-state index contributed by atoms with van der Waals surface area (Å²) in [6, 6.07) is 5.70. The number of aryl methyl sites for hydroxylation is 1. The standard InChI is InChI=1S/C17H22N2O4/c1-23-13-6-7-14-11(9-13)3-2-8-17(14,22)10-18-15(20)16(21)19-12-4-5-12/h6-7,9,12,22H,2-5,8,10H2,1H3,(H,18,20)(H,19,21). The highest BCUT2D eigenvalue weighted by atomic mass is 16.5. The number of nitrogens with one attached hydrogen (secondary N) is 2. The topological polar surface area (TPSA) is 87.7 Å². The third kappa shape index (κ3) is 3.47. The molecule has 0 aliphatic heterocycles. The summed E-state index contributed by atoms with van der Waals surface area (Å²) >= 11 is 0. The number of hydrogen-bond acceptors (Lipinski definition) is 4. The zero-order chi connectivity index (χ0) is 16.4. The molecule has 2 amide bonds. The van der Waals surface area contributed by atoms with Crippen LogP contribution in [-0.4, -0.2) is 36.6 Å². The minimum absolute atomic E-state index is 0.0310. The first-order chi connectivity index (χ1) is 11.0. The fourth-order valence-electron chi connectivity index (χ4n) is 3.03. The second-order valence-corrected chi connectivity index (χ2v) is 6.34. The van der Waals surface area contributed by atoms with Crippen LogP contribution in [0.4, 0.5) is 0 Å². The molecule has 2 aliphatic carbocycles. The van der Waals surface area contributed by atoms with Gasteiger partial charge in [0, 0.05) is 6.04 Å². The normalized spacial score (nSPS) is 22.9. The fraction of sp³-hybridized carbons (Fsp3) is 0.529. The number of benzene rings is 1. The molecular formula is C17H22N2O4. The van der Waals surface area contributed by atoms with E-state index in [0.717, 1.165) is 42.6 Å². The summed E-state index contributed by atoms with van der Waals surface area (Å²) in [6.07, 6.45) is 4.10. The molecule has 1 saturated carbocycles. The Labute approximate surface area is 135 Å². The number of rotatable bonds is 4. The predicted octanol–water partition coefficient (Wildman–Crippen LogP) is 0.614. The van der Waals surface area contributed by atoms with Crippen LogP contribution in [0.3, 0.4) is 0 Å². The smallest absolute Gasteiger partial charge is 0.309 e. The molecule has 1 aromatic carbocycles. The van der Waals surface area contributed by atoms with Gasteiger partial charge in [0.05, 0.1) is 13.7 Å². The van der Waals surface area contributed by atoms with E-state index in [4.69, 9.17) is 4.74 Å². The van der Waals surface area contributed by atoms with E-state index in [1.165, 1.54) is 0 Å². The zero-order valence-electron chi connectivity index (χ0n) is 13.2. The van der Waals surface area contributed by atoms with Crippen LogP contribution in [0.25, 0.3) is 0 Å². The van der Waals surface area contributed by atoms with Gasteiger partial charge in [0.25, 0.3) is 0 Å². The van der Waals surface area contributed by atoms with Gasteiger partial charge < -0.3 is 20.5 Å². The average Bonchev–Trinajstić information content (AvgIpc) is 3.36. The second-order valence-electron chi connectivity index (χ2n) is 6.34. The number of methoxy groups -OCH3 is 1. The number of carbonyl (C=O) groups is 2. The molecule has 0 bridgehead atoms. The Morgan fingerprint density at radius 1 is 1.35 bits per heavy atom. The van der Waals surface area contributed by atoms with Crippen molar-refractivity contribution in [1.82, 2.24) is 10.6 Å². The average molecular weight is 318 g/mol. The summed E-state index contributed by atoms with van der Waals surface area (Å²) < 4.78 is 5.22. The van der Waals surface area contributed by atoms with Crippen molar-refractivity contribution < 1.29 is 19.4 Å². The van der Waals surface area contributed by atoms with Gasteiger partial charge in [-0.1, -0.05) is 6.07 Å². The van der Waals surface area contributed by atoms with Gasteiger partial charge in [-0.05, 0) is 55.4 Å². The van der Waals surface area contributed by atoms with Crippen molar-refractivity contribution in [2.24, 2.45) is 0 Å². The molecule has 1 unspecified atom stereocenters. The maximum absolute atomic E-state index is 11.8. The van der Waals surface area contributed by atoms with E-state index in [0.29, 0.717) is 6.42 Å². The number of fused-ring (bicyclic) bond motifs is 1. The fourth-order valence-corrected chi connectivity index (χ4v) is 3.03. The van der Waals surface area contributed by atoms with Crippen LogP contribution >= 0.6 is 0 Å². The Hall–Kier alpha value is -2.08. The van der Waals surface area contributed by atoms with E-state index in [9.17, 15) is 14.7 Å². The Morgan fingerprint density at radius 2 is 2.13 bits per heavy atom. The highest BCUT2D eigenvalue weighted by Gasteiger charge is 2.35. The number of aliphatic hydroxyl groups is 1. The highest BCUT2D eigenvalue weighted by Crippen LogP contribution is 2.36. The lowest BCUT2D eigenvalue weighted by Gasteiger charge is -2.34. The van der Waals surface area contributed by atoms with Crippen molar-refractivity contribution in [2.75, 3.05) is 13.7 Å². The molecule has 0 saturated heterocycles. The number of amides is 2. The van der Waals surface area contributed by atoms with E-state index in [-0.39, 0.29) is 12.6 Å². The SMILES string of the molecule is COc1ccc2c(c1)CCCC2(O)CNC(=O)C(=O)NC1CC1. The lowest BCUT2D eigenvalue weighted by Crippen LogP contribution is -2.47. The highest BCUT2D eigenvalue weighted by molar-refractivity contribution is 6.35. The van der Waals surface area contributed by atoms with Crippen molar-refractivity contribution in [3.63, 3.8) is 0 Å². The minimum atomic E-state index is -1.14. The van der Waals surface area contributed by atoms with Gasteiger partial charge in [0.2, 0.25) is 0 Å². The van der Waals surface area contributed by atoms with Gasteiger partial charge in [-0.2, -0.15) is 0 Å². The van der Waals surface area contributed by atoms with Gasteiger partial charge in [-0.3, -0.25) is 9.59 Å². The first-order valence-corrected chi connectivity index (χ1v) is 8.00. The molecule has 0 spiro atoms. The number of carbonyl (C=O) groups excluding carboxylic acids is 2. The molecule has 3 rings (SSSR count). The summed E-state index contributed by atoms with van der Waals surface area (Å²) in [5, 5.41) is 16.1. The van der Waals surface area contributed by atoms with E-state index >= 15 is 0 Å². The van der Waals surface area contributed by atoms with E-state index in [1.54, 1.807) is 13.2 Å². The molecule has 6 nitrogen and oxygen atoms in total. The van der Waals surface area contributed by atoms with Crippen LogP contribution in [0.15, 0.2) is 18.2 Å². The molecule has 0 aromatic heterocycles. The van der Waals surface area contributed by atoms with Crippen molar-refractivity contribution in [3.8, 4) is 5.75 Å². The van der Waals surface area contributed by atoms with Crippen LogP contribution < -0.4 is 15.4 Å². The van der Waals surface area contributed by atoms with Gasteiger partial charge in [-0.15, -0.1) is 0 Å². The van der Waals surface area contributed by atoms with Crippen LogP contribution in [0.5, 0.6) is 5.75 Å². The van der Waals surface area contributed by atoms with Crippen molar-refractivity contribution in [1.29, 1.82) is 0 Å². The van der Waals surface area contributed by atoms with Crippen LogP contribution in [0.1, 0.15) is 36.8 Å². The van der Waals surface area contributed by atoms with Gasteiger partial charge >= 0.3 is 11.8 Å². The summed E-state index contributed by atoms with van der Waals surface area (Å²) in [7, 11) is 1.61. The van der Waals surface area contributed by atoms with E-state index < -0.39 is 17.4 Å². The zero-order valence-corrected chi connectivity index (χ0v) is 13.2. The van der Waals surface area contributed by atoms with Crippen LogP contribution in [-0.2, 0) is 21.6 Å². The molecule has 2 aliphatic rings. The summed E-state index contributed by atoms with van der Waals surface area (Å²) in [6.45, 7) is 0.0310. The number of hydrogen-bond donors (Lipinski definition) is 3. The largest absolute Gasteiger partial charge is 0.497 e. The van der Waals surface area contributed by atoms with Gasteiger partial charge in [0.15, 0.2) is 0 Å². The molecular weight excluding hydrogens is 296 g/mol. The summed E-state index contributed by atoms with van der Waals surface area (Å²) in [5.74, 6) is -0.561. The first kappa shape index (κ1) is 15.8. The van der Waals surface area contributed by atoms with Crippen LogP contribution in [0, 0.1) is 0 Å². The molecule has 1 atom stereocenters. The van der Waals surface area contributed by atoms with Crippen LogP contribution in [0.2, 0.25) is 0 Å². The molecule has 23 heavy (non-hydrogen) atoms. The third-order valence-corrected chi connectivity index (χ3v) is 4.51. The molecule has 6 heteroatoms. The molecule has 0 radical (unpaired) electrons. The Bertz CT molecular complexity index is 627. The Balaban J connectivity index is 1.67. The van der Waals surface area contributed by atoms with Crippen molar-refractivity contribution >= 4 is 11.8 Å². The Kier molecular flexibility index (Phi) is 4.26. The predicted molar refractivity (Wildman–Crippen MR) is 84.0 cm³/mol. The van der Waals surface area contributed by atoms with Crippen molar-refractivity contribution in [2.45, 2.75) is 43.7 Å². The molecule has 3 N–H and O–H groups in total. The maximum Gasteiger partial charge on any atom is 0.309 e. The molecule has 1 fully saturated rings. The minimum Gasteiger partial charge on any atom is -0.497 e. The van der Waals surface area contributed by atoms with E-state index in [2.05, 4.69) is 10.6 Å². The molecule has 1 aromatic rings. The first-order valence-electron chi connectivity index (χ1n) is 8.00. The molecule has 124 valence electrons. The number of ether oxygens (including phenoxy) is 1. The van der Waals surface area contributed by atoms with Gasteiger partial charge in [0.1, 0.15) is 11.4 Å².